The maximum Gasteiger partial charge on any atom is 0.362 e. The van der Waals surface area contributed by atoms with Crippen molar-refractivity contribution in [2.75, 3.05) is 41.0 Å². The Kier molecular flexibility index (Phi) is 32.0. The molecular weight excluding hydrogens is 630 g/mol. The molecule has 290 valence electrons. The van der Waals surface area contributed by atoms with E-state index in [9.17, 15) is 19.5 Å². The van der Waals surface area contributed by atoms with Crippen LogP contribution in [-0.4, -0.2) is 80.6 Å². The third-order valence-electron chi connectivity index (χ3n) is 8.85. The summed E-state index contributed by atoms with van der Waals surface area (Å²) in [5, 5.41) is 9.57. The van der Waals surface area contributed by atoms with Gasteiger partial charge in [-0.15, -0.1) is 0 Å². The van der Waals surface area contributed by atoms with Crippen LogP contribution in [0.15, 0.2) is 36.5 Å². The molecule has 0 saturated heterocycles. The fraction of sp³-hybridized carbons (Fsp3) is 0.786. The van der Waals surface area contributed by atoms with Crippen molar-refractivity contribution in [3.8, 4) is 0 Å². The topological polar surface area (TPSA) is 99.1 Å². The first-order valence-corrected chi connectivity index (χ1v) is 20.1. The minimum absolute atomic E-state index is 0.0556. The van der Waals surface area contributed by atoms with Gasteiger partial charge >= 0.3 is 17.9 Å². The molecule has 0 aliphatic carbocycles. The molecule has 0 aromatic rings. The third-order valence-corrected chi connectivity index (χ3v) is 8.85. The zero-order valence-electron chi connectivity index (χ0n) is 32.8. The number of carbonyl (C=O) groups is 3. The molecule has 0 aromatic carbocycles. The predicted octanol–water partition coefficient (Wildman–Crippen LogP) is 10.3. The highest BCUT2D eigenvalue weighted by atomic mass is 16.6. The molecule has 0 aliphatic heterocycles. The number of carboxylic acids is 1. The molecule has 0 amide bonds. The summed E-state index contributed by atoms with van der Waals surface area (Å²) in [4.78, 5) is 36.7. The van der Waals surface area contributed by atoms with E-state index in [2.05, 4.69) is 50.3 Å². The largest absolute Gasteiger partial charge is 0.477 e. The Morgan fingerprint density at radius 1 is 0.600 bits per heavy atom. The van der Waals surface area contributed by atoms with Crippen molar-refractivity contribution in [3.63, 3.8) is 0 Å². The van der Waals surface area contributed by atoms with Crippen molar-refractivity contribution in [2.45, 2.75) is 174 Å². The van der Waals surface area contributed by atoms with E-state index in [1.807, 2.05) is 21.1 Å². The lowest BCUT2D eigenvalue weighted by Crippen LogP contribution is -2.50. The van der Waals surface area contributed by atoms with Crippen LogP contribution in [-0.2, 0) is 28.6 Å². The van der Waals surface area contributed by atoms with Crippen LogP contribution >= 0.6 is 0 Å². The monoisotopic (exact) mass is 707 g/mol. The summed E-state index contributed by atoms with van der Waals surface area (Å²) < 4.78 is 17.2. The number of aliphatic carboxylic acids is 1. The van der Waals surface area contributed by atoms with Gasteiger partial charge in [0.05, 0.1) is 34.4 Å². The highest BCUT2D eigenvalue weighted by Gasteiger charge is 2.31. The number of likely N-dealkylation sites (N-methyl/N-ethyl adjacent to an activating group) is 1. The minimum Gasteiger partial charge on any atom is -0.477 e. The number of hydrogen-bond donors (Lipinski definition) is 1. The number of ether oxygens (including phenoxy) is 3. The summed E-state index contributed by atoms with van der Waals surface area (Å²) in [6.45, 7) is 4.66. The minimum atomic E-state index is -0.880. The van der Waals surface area contributed by atoms with Crippen LogP contribution in [0.4, 0.5) is 0 Å². The first-order chi connectivity index (χ1) is 24.1. The highest BCUT2D eigenvalue weighted by molar-refractivity contribution is 5.72. The van der Waals surface area contributed by atoms with Crippen LogP contribution in [0.5, 0.6) is 0 Å². The number of carboxylic acid groups (broad SMARTS) is 1. The highest BCUT2D eigenvalue weighted by Crippen LogP contribution is 2.13. The summed E-state index contributed by atoms with van der Waals surface area (Å²) >= 11 is 0. The molecule has 0 rings (SSSR count). The maximum absolute atomic E-state index is 12.6. The third kappa shape index (κ3) is 31.5. The van der Waals surface area contributed by atoms with E-state index in [0.717, 1.165) is 64.2 Å². The summed E-state index contributed by atoms with van der Waals surface area (Å²) in [5.41, 5.74) is 0. The summed E-state index contributed by atoms with van der Waals surface area (Å²) in [6, 6.07) is -0.614. The van der Waals surface area contributed by atoms with Gasteiger partial charge in [-0.05, 0) is 38.5 Å². The molecule has 2 unspecified atom stereocenters. The molecule has 0 radical (unpaired) electrons. The van der Waals surface area contributed by atoms with Gasteiger partial charge in [0.25, 0.3) is 0 Å². The average Bonchev–Trinajstić information content (AvgIpc) is 3.06. The number of esters is 2. The molecule has 8 nitrogen and oxygen atoms in total. The van der Waals surface area contributed by atoms with Crippen LogP contribution in [0.1, 0.15) is 162 Å². The average molecular weight is 707 g/mol. The molecule has 0 fully saturated rings. The molecule has 0 saturated carbocycles. The summed E-state index contributed by atoms with van der Waals surface area (Å²) in [7, 11) is 5.51. The predicted molar refractivity (Wildman–Crippen MR) is 206 cm³/mol. The second-order valence-corrected chi connectivity index (χ2v) is 14.6. The quantitative estimate of drug-likeness (QED) is 0.0303. The lowest BCUT2D eigenvalue weighted by atomic mass is 10.1. The Hall–Kier alpha value is -2.45. The van der Waals surface area contributed by atoms with Crippen LogP contribution in [0.3, 0.4) is 0 Å². The number of rotatable bonds is 35. The number of unbranched alkanes of at least 4 members (excludes halogenated alkanes) is 17. The molecule has 2 atom stereocenters. The Balaban J connectivity index is 4.35. The SMILES string of the molecule is CCCCCCC/C=C/C=C/C=C/CCCCCCCC(=O)OCC(COCCC(C(=O)O)[N+](C)(C)C)OC(=O)CCCCCCCCCC. The van der Waals surface area contributed by atoms with Crippen molar-refractivity contribution in [1.82, 2.24) is 0 Å². The van der Waals surface area contributed by atoms with Gasteiger partial charge in [0, 0.05) is 19.3 Å². The van der Waals surface area contributed by atoms with E-state index in [0.29, 0.717) is 19.3 Å². The van der Waals surface area contributed by atoms with E-state index in [-0.39, 0.29) is 36.2 Å². The first-order valence-electron chi connectivity index (χ1n) is 20.1. The Morgan fingerprint density at radius 3 is 1.54 bits per heavy atom. The van der Waals surface area contributed by atoms with Gasteiger partial charge in [-0.2, -0.15) is 0 Å². The Bertz CT molecular complexity index is 922. The molecular formula is C42H76NO7+. The van der Waals surface area contributed by atoms with E-state index >= 15 is 0 Å². The van der Waals surface area contributed by atoms with Crippen LogP contribution in [0.25, 0.3) is 0 Å². The molecule has 0 aliphatic rings. The zero-order valence-corrected chi connectivity index (χ0v) is 32.8. The first kappa shape index (κ1) is 47.5. The smallest absolute Gasteiger partial charge is 0.362 e. The van der Waals surface area contributed by atoms with Crippen molar-refractivity contribution in [2.24, 2.45) is 0 Å². The van der Waals surface area contributed by atoms with Gasteiger partial charge in [0.15, 0.2) is 12.1 Å². The summed E-state index contributed by atoms with van der Waals surface area (Å²) in [5.74, 6) is -1.50. The number of carbonyl (C=O) groups excluding carboxylic acids is 2. The number of nitrogens with zero attached hydrogens (tertiary/aromatic N) is 1. The number of hydrogen-bond acceptors (Lipinski definition) is 6. The lowest BCUT2D eigenvalue weighted by Gasteiger charge is -2.31. The van der Waals surface area contributed by atoms with Gasteiger partial charge < -0.3 is 23.8 Å². The number of allylic oxidation sites excluding steroid dienone is 6. The zero-order chi connectivity index (χ0) is 37.1. The normalized spacial score (nSPS) is 13.4. The van der Waals surface area contributed by atoms with Gasteiger partial charge in [-0.25, -0.2) is 4.79 Å². The van der Waals surface area contributed by atoms with E-state index in [1.54, 1.807) is 0 Å². The Labute approximate surface area is 306 Å². The molecule has 0 heterocycles. The van der Waals surface area contributed by atoms with Crippen molar-refractivity contribution < 1.29 is 38.2 Å². The Morgan fingerprint density at radius 2 is 1.06 bits per heavy atom. The van der Waals surface area contributed by atoms with Gasteiger partial charge in [0.2, 0.25) is 0 Å². The fourth-order valence-electron chi connectivity index (χ4n) is 5.68. The fourth-order valence-corrected chi connectivity index (χ4v) is 5.68. The van der Waals surface area contributed by atoms with Crippen LogP contribution in [0.2, 0.25) is 0 Å². The van der Waals surface area contributed by atoms with Gasteiger partial charge in [0.1, 0.15) is 6.61 Å². The molecule has 8 heteroatoms. The second-order valence-electron chi connectivity index (χ2n) is 14.6. The van der Waals surface area contributed by atoms with E-state index in [1.165, 1.54) is 64.2 Å². The van der Waals surface area contributed by atoms with Gasteiger partial charge in [-0.3, -0.25) is 9.59 Å². The number of quaternary nitrogens is 1. The molecule has 0 spiro atoms. The second kappa shape index (κ2) is 33.7. The summed E-state index contributed by atoms with van der Waals surface area (Å²) in [6.07, 6.45) is 36.2. The lowest BCUT2D eigenvalue weighted by molar-refractivity contribution is -0.887. The maximum atomic E-state index is 12.6. The standard InChI is InChI=1S/C42H75NO7/c1-6-8-10-12-14-16-17-18-19-20-21-22-23-24-25-27-28-30-32-40(44)49-37-38(36-48-35-34-39(42(46)47)43(3,4)5)50-41(45)33-31-29-26-15-13-11-9-7-2/h17-22,38-39H,6-16,23-37H2,1-5H3/p+1/b18-17+,20-19+,22-21+. The van der Waals surface area contributed by atoms with Gasteiger partial charge in [-0.1, -0.05) is 140 Å². The van der Waals surface area contributed by atoms with Crippen molar-refractivity contribution >= 4 is 17.9 Å². The van der Waals surface area contributed by atoms with E-state index < -0.39 is 18.1 Å². The van der Waals surface area contributed by atoms with Crippen molar-refractivity contribution in [1.29, 1.82) is 0 Å². The molecule has 0 bridgehead atoms. The molecule has 50 heavy (non-hydrogen) atoms. The van der Waals surface area contributed by atoms with Crippen LogP contribution in [0, 0.1) is 0 Å². The molecule has 0 aromatic heterocycles. The molecule has 1 N–H and O–H groups in total. The van der Waals surface area contributed by atoms with Crippen LogP contribution < -0.4 is 0 Å². The van der Waals surface area contributed by atoms with E-state index in [4.69, 9.17) is 14.2 Å². The van der Waals surface area contributed by atoms with Crippen molar-refractivity contribution in [3.05, 3.63) is 36.5 Å².